The van der Waals surface area contributed by atoms with Crippen LogP contribution < -0.4 is 10.1 Å². The van der Waals surface area contributed by atoms with Crippen LogP contribution in [0, 0.1) is 0 Å². The van der Waals surface area contributed by atoms with E-state index in [1.54, 1.807) is 13.0 Å². The molecular weight excluding hydrogens is 339 g/mol. The van der Waals surface area contributed by atoms with Crippen LogP contribution in [0.15, 0.2) is 18.3 Å². The van der Waals surface area contributed by atoms with Gasteiger partial charge in [-0.25, -0.2) is 0 Å². The summed E-state index contributed by atoms with van der Waals surface area (Å²) in [5, 5.41) is 2.93. The molecule has 1 saturated heterocycles. The first kappa shape index (κ1) is 19.2. The average Bonchev–Trinajstić information content (AvgIpc) is 2.55. The Kier molecular flexibility index (Phi) is 6.35. The van der Waals surface area contributed by atoms with Crippen LogP contribution in [-0.2, 0) is 9.59 Å². The highest BCUT2D eigenvalue weighted by Gasteiger charge is 2.28. The summed E-state index contributed by atoms with van der Waals surface area (Å²) < 4.78 is 40.9. The van der Waals surface area contributed by atoms with Gasteiger partial charge in [0.25, 0.3) is 0 Å². The molecule has 9 heteroatoms. The monoisotopic (exact) mass is 359 g/mol. The van der Waals surface area contributed by atoms with E-state index in [0.717, 1.165) is 0 Å². The molecule has 1 aliphatic rings. The number of hydrogen-bond donors (Lipinski definition) is 1. The lowest BCUT2D eigenvalue weighted by molar-refractivity contribution is -0.153. The molecule has 0 bridgehead atoms. The highest BCUT2D eigenvalue weighted by atomic mass is 19.4. The summed E-state index contributed by atoms with van der Waals surface area (Å²) in [6.45, 7) is 1.90. The van der Waals surface area contributed by atoms with Crippen molar-refractivity contribution >= 4 is 11.7 Å². The molecule has 1 amide bonds. The zero-order chi connectivity index (χ0) is 18.4. The Morgan fingerprint density at radius 2 is 2.20 bits per heavy atom. The Balaban J connectivity index is 1.84. The lowest BCUT2D eigenvalue weighted by Crippen LogP contribution is -2.49. The fraction of sp³-hybridized carbons (Fsp3) is 0.562. The number of Topliss-reactive ketones (excluding diaryl/α,β-unsaturated/α-hetero) is 1. The van der Waals surface area contributed by atoms with Crippen LogP contribution in [0.4, 0.5) is 13.2 Å². The number of pyridine rings is 1. The summed E-state index contributed by atoms with van der Waals surface area (Å²) in [6.07, 6.45) is -2.99. The topological polar surface area (TPSA) is 71.5 Å². The average molecular weight is 359 g/mol. The molecule has 1 aliphatic heterocycles. The maximum atomic E-state index is 12.1. The minimum absolute atomic E-state index is 0.0195. The van der Waals surface area contributed by atoms with Gasteiger partial charge in [0, 0.05) is 31.1 Å². The zero-order valence-corrected chi connectivity index (χ0v) is 13.8. The first-order valence-electron chi connectivity index (χ1n) is 7.90. The number of ketones is 1. The summed E-state index contributed by atoms with van der Waals surface area (Å²) in [6, 6.07) is 2.94. The minimum Gasteiger partial charge on any atom is -0.483 e. The maximum Gasteiger partial charge on any atom is 0.422 e. The molecule has 138 valence electrons. The molecule has 25 heavy (non-hydrogen) atoms. The van der Waals surface area contributed by atoms with Crippen molar-refractivity contribution in [2.24, 2.45) is 0 Å². The van der Waals surface area contributed by atoms with Crippen molar-refractivity contribution in [1.82, 2.24) is 15.2 Å². The fourth-order valence-electron chi connectivity index (χ4n) is 2.47. The van der Waals surface area contributed by atoms with Gasteiger partial charge in [0.05, 0.1) is 19.3 Å². The normalized spacial score (nSPS) is 16.6. The van der Waals surface area contributed by atoms with Crippen molar-refractivity contribution < 1.29 is 27.5 Å². The van der Waals surface area contributed by atoms with Crippen molar-refractivity contribution in [3.8, 4) is 5.75 Å². The zero-order valence-electron chi connectivity index (χ0n) is 13.8. The number of nitrogens with zero attached hydrogens (tertiary/aromatic N) is 2. The second kappa shape index (κ2) is 8.28. The Labute approximate surface area is 143 Å². The molecule has 1 atom stereocenters. The highest BCUT2D eigenvalue weighted by molar-refractivity contribution is 5.87. The Hall–Kier alpha value is -2.16. The van der Waals surface area contributed by atoms with Gasteiger partial charge in [0.1, 0.15) is 5.75 Å². The van der Waals surface area contributed by atoms with Crippen LogP contribution in [0.25, 0.3) is 0 Å². The molecule has 0 spiro atoms. The lowest BCUT2D eigenvalue weighted by Gasteiger charge is -2.27. The molecule has 0 unspecified atom stereocenters. The predicted octanol–water partition coefficient (Wildman–Crippen LogP) is 1.52. The summed E-state index contributed by atoms with van der Waals surface area (Å²) in [7, 11) is 0. The van der Waals surface area contributed by atoms with Crippen molar-refractivity contribution in [3.05, 3.63) is 24.0 Å². The lowest BCUT2D eigenvalue weighted by atomic mass is 10.00. The number of halogens is 3. The van der Waals surface area contributed by atoms with E-state index in [9.17, 15) is 22.8 Å². The van der Waals surface area contributed by atoms with Gasteiger partial charge in [0.2, 0.25) is 5.91 Å². The number of carbonyl (C=O) groups is 2. The Bertz CT molecular complexity index is 605. The molecule has 1 aromatic heterocycles. The van der Waals surface area contributed by atoms with E-state index in [1.807, 2.05) is 0 Å². The number of rotatable bonds is 7. The molecule has 0 aromatic carbocycles. The van der Waals surface area contributed by atoms with Gasteiger partial charge < -0.3 is 15.0 Å². The molecule has 2 heterocycles. The molecule has 1 fully saturated rings. The quantitative estimate of drug-likeness (QED) is 0.799. The Morgan fingerprint density at radius 3 is 2.80 bits per heavy atom. The molecular formula is C16H20F3N3O3. The number of ether oxygens (including phenoxy) is 1. The van der Waals surface area contributed by atoms with E-state index in [-0.39, 0.29) is 42.9 Å². The number of aromatic nitrogens is 1. The number of alkyl halides is 3. The van der Waals surface area contributed by atoms with Crippen molar-refractivity contribution in [2.75, 3.05) is 32.8 Å². The summed E-state index contributed by atoms with van der Waals surface area (Å²) in [5.41, 5.74) is 0.583. The number of carbonyl (C=O) groups excluding carboxylic acids is 2. The molecule has 2 rings (SSSR count). The minimum atomic E-state index is -4.40. The number of piperazine rings is 1. The van der Waals surface area contributed by atoms with E-state index in [2.05, 4.69) is 15.0 Å². The van der Waals surface area contributed by atoms with E-state index in [4.69, 9.17) is 0 Å². The second-order valence-corrected chi connectivity index (χ2v) is 5.96. The van der Waals surface area contributed by atoms with Gasteiger partial charge in [-0.3, -0.25) is 14.6 Å². The van der Waals surface area contributed by atoms with Crippen LogP contribution >= 0.6 is 0 Å². The van der Waals surface area contributed by atoms with Crippen LogP contribution in [-0.4, -0.2) is 60.5 Å². The fourth-order valence-corrected chi connectivity index (χ4v) is 2.47. The van der Waals surface area contributed by atoms with Gasteiger partial charge in [-0.15, -0.1) is 0 Å². The van der Waals surface area contributed by atoms with E-state index in [1.165, 1.54) is 17.2 Å². The third-order valence-corrected chi connectivity index (χ3v) is 3.76. The SMILES string of the molecule is C[C@@H](CC(=O)CN1CCNCC1=O)c1ccc(OCC(F)(F)F)cn1. The summed E-state index contributed by atoms with van der Waals surface area (Å²) in [4.78, 5) is 29.4. The van der Waals surface area contributed by atoms with Gasteiger partial charge in [-0.1, -0.05) is 6.92 Å². The van der Waals surface area contributed by atoms with Crippen LogP contribution in [0.1, 0.15) is 25.0 Å². The molecule has 1 aromatic rings. The molecule has 0 aliphatic carbocycles. The third kappa shape index (κ3) is 6.33. The number of hydrogen-bond acceptors (Lipinski definition) is 5. The second-order valence-electron chi connectivity index (χ2n) is 5.96. The first-order valence-corrected chi connectivity index (χ1v) is 7.90. The van der Waals surface area contributed by atoms with Gasteiger partial charge in [0.15, 0.2) is 12.4 Å². The van der Waals surface area contributed by atoms with Crippen LogP contribution in [0.2, 0.25) is 0 Å². The first-order chi connectivity index (χ1) is 11.7. The standard InChI is InChI=1S/C16H20F3N3O3/c1-11(6-12(23)9-22-5-4-20-8-15(22)24)14-3-2-13(7-21-14)25-10-16(17,18)19/h2-3,7,11,20H,4-6,8-10H2,1H3/t11-/m0/s1. The van der Waals surface area contributed by atoms with Gasteiger partial charge in [-0.05, 0) is 12.1 Å². The summed E-state index contributed by atoms with van der Waals surface area (Å²) >= 11 is 0. The van der Waals surface area contributed by atoms with Gasteiger partial charge >= 0.3 is 6.18 Å². The van der Waals surface area contributed by atoms with Crippen LogP contribution in [0.5, 0.6) is 5.75 Å². The van der Waals surface area contributed by atoms with Crippen molar-refractivity contribution in [2.45, 2.75) is 25.4 Å². The molecule has 0 radical (unpaired) electrons. The van der Waals surface area contributed by atoms with Gasteiger partial charge in [-0.2, -0.15) is 13.2 Å². The number of nitrogens with one attached hydrogen (secondary N) is 1. The van der Waals surface area contributed by atoms with Crippen molar-refractivity contribution in [1.29, 1.82) is 0 Å². The van der Waals surface area contributed by atoms with Crippen molar-refractivity contribution in [3.63, 3.8) is 0 Å². The highest BCUT2D eigenvalue weighted by Crippen LogP contribution is 2.21. The van der Waals surface area contributed by atoms with E-state index in [0.29, 0.717) is 18.8 Å². The number of amides is 1. The Morgan fingerprint density at radius 1 is 1.44 bits per heavy atom. The molecule has 1 N–H and O–H groups in total. The molecule has 0 saturated carbocycles. The molecule has 6 nitrogen and oxygen atoms in total. The van der Waals surface area contributed by atoms with E-state index < -0.39 is 12.8 Å². The summed E-state index contributed by atoms with van der Waals surface area (Å²) in [5.74, 6) is -0.369. The third-order valence-electron chi connectivity index (χ3n) is 3.76. The smallest absolute Gasteiger partial charge is 0.422 e. The van der Waals surface area contributed by atoms with E-state index >= 15 is 0 Å². The predicted molar refractivity (Wildman–Crippen MR) is 83.3 cm³/mol. The maximum absolute atomic E-state index is 12.1. The largest absolute Gasteiger partial charge is 0.483 e. The van der Waals surface area contributed by atoms with Crippen LogP contribution in [0.3, 0.4) is 0 Å².